The lowest BCUT2D eigenvalue weighted by atomic mass is 9.83. The quantitative estimate of drug-likeness (QED) is 0.379. The molecule has 0 radical (unpaired) electrons. The molecule has 128 valence electrons. The van der Waals surface area contributed by atoms with E-state index in [2.05, 4.69) is 26.1 Å². The Morgan fingerprint density at radius 3 is 1.62 bits per heavy atom. The molecule has 0 aliphatic heterocycles. The monoisotopic (exact) mass is 299 g/mol. The Hall–Kier alpha value is -0.0800. The lowest BCUT2D eigenvalue weighted by Crippen LogP contribution is -2.36. The Balaban J connectivity index is 3.29. The van der Waals surface area contributed by atoms with Crippen molar-refractivity contribution in [1.29, 1.82) is 0 Å². The van der Waals surface area contributed by atoms with Crippen molar-refractivity contribution in [3.8, 4) is 0 Å². The number of aliphatic hydroxyl groups excluding tert-OH is 1. The summed E-state index contributed by atoms with van der Waals surface area (Å²) in [6.45, 7) is 9.03. The van der Waals surface area contributed by atoms with Gasteiger partial charge in [-0.25, -0.2) is 0 Å². The number of hydrogen-bond donors (Lipinski definition) is 2. The summed E-state index contributed by atoms with van der Waals surface area (Å²) in [6, 6.07) is 0. The molecule has 0 fully saturated rings. The van der Waals surface area contributed by atoms with E-state index in [1.165, 1.54) is 64.2 Å². The Labute approximate surface area is 134 Å². The molecule has 0 aromatic heterocycles. The van der Waals surface area contributed by atoms with Crippen LogP contribution in [0.3, 0.4) is 0 Å². The molecule has 0 bridgehead atoms. The number of hydrogen-bond acceptors (Lipinski definition) is 2. The molecule has 0 aromatic carbocycles. The molecule has 0 aliphatic carbocycles. The average Bonchev–Trinajstić information content (AvgIpc) is 2.53. The van der Waals surface area contributed by atoms with Gasteiger partial charge in [0, 0.05) is 18.6 Å². The molecule has 0 rings (SSSR count). The topological polar surface area (TPSA) is 32.3 Å². The van der Waals surface area contributed by atoms with Gasteiger partial charge in [0.1, 0.15) is 0 Å². The molecule has 0 heterocycles. The second-order valence-corrected chi connectivity index (χ2v) is 6.72. The zero-order valence-corrected chi connectivity index (χ0v) is 15.1. The Morgan fingerprint density at radius 2 is 1.19 bits per heavy atom. The van der Waals surface area contributed by atoms with Crippen molar-refractivity contribution in [2.75, 3.05) is 19.7 Å². The van der Waals surface area contributed by atoms with Gasteiger partial charge in [0.05, 0.1) is 0 Å². The van der Waals surface area contributed by atoms with Gasteiger partial charge in [-0.3, -0.25) is 0 Å². The van der Waals surface area contributed by atoms with Crippen LogP contribution in [0, 0.1) is 5.41 Å². The highest BCUT2D eigenvalue weighted by Gasteiger charge is 2.24. The molecule has 0 spiro atoms. The predicted octanol–water partition coefficient (Wildman–Crippen LogP) is 5.30. The molecule has 0 atom stereocenters. The lowest BCUT2D eigenvalue weighted by molar-refractivity contribution is 0.113. The van der Waals surface area contributed by atoms with E-state index in [-0.39, 0.29) is 5.41 Å². The minimum atomic E-state index is 0.110. The zero-order chi connectivity index (χ0) is 15.8. The normalized spacial score (nSPS) is 12.0. The van der Waals surface area contributed by atoms with Crippen LogP contribution < -0.4 is 5.32 Å². The van der Waals surface area contributed by atoms with Crippen LogP contribution in [0.25, 0.3) is 0 Å². The second-order valence-electron chi connectivity index (χ2n) is 6.72. The van der Waals surface area contributed by atoms with Crippen molar-refractivity contribution in [3.63, 3.8) is 0 Å². The summed E-state index contributed by atoms with van der Waals surface area (Å²) in [7, 11) is 0. The average molecular weight is 300 g/mol. The smallest absolute Gasteiger partial charge is 0.0499 e. The Bertz CT molecular complexity index is 193. The van der Waals surface area contributed by atoms with Crippen LogP contribution in [-0.2, 0) is 0 Å². The van der Waals surface area contributed by atoms with Crippen molar-refractivity contribution in [3.05, 3.63) is 0 Å². The highest BCUT2D eigenvalue weighted by molar-refractivity contribution is 4.77. The molecule has 0 amide bonds. The van der Waals surface area contributed by atoms with Crippen molar-refractivity contribution in [1.82, 2.24) is 5.32 Å². The zero-order valence-electron chi connectivity index (χ0n) is 15.1. The number of aliphatic hydroxyl groups is 1. The summed E-state index contributed by atoms with van der Waals surface area (Å²) in [5, 5.41) is 13.1. The van der Waals surface area contributed by atoms with Crippen molar-refractivity contribution in [2.45, 2.75) is 97.8 Å². The maximum atomic E-state index is 9.51. The van der Waals surface area contributed by atoms with Gasteiger partial charge in [0.2, 0.25) is 0 Å². The fraction of sp³-hybridized carbons (Fsp3) is 1.00. The van der Waals surface area contributed by atoms with Crippen LogP contribution in [-0.4, -0.2) is 24.8 Å². The molecule has 2 heteroatoms. The van der Waals surface area contributed by atoms with Crippen LogP contribution in [0.5, 0.6) is 0 Å². The first-order valence-corrected chi connectivity index (χ1v) is 9.56. The SMILES string of the molecule is CCCCCCCCCCCCNCC(CC)(CC)CO. The largest absolute Gasteiger partial charge is 0.396 e. The summed E-state index contributed by atoms with van der Waals surface area (Å²) in [6.07, 6.45) is 16.1. The van der Waals surface area contributed by atoms with Crippen molar-refractivity contribution in [2.24, 2.45) is 5.41 Å². The molecule has 0 unspecified atom stereocenters. The van der Waals surface area contributed by atoms with Gasteiger partial charge in [-0.05, 0) is 25.8 Å². The fourth-order valence-electron chi connectivity index (χ4n) is 2.87. The highest BCUT2D eigenvalue weighted by atomic mass is 16.3. The van der Waals surface area contributed by atoms with Crippen molar-refractivity contribution < 1.29 is 5.11 Å². The van der Waals surface area contributed by atoms with E-state index >= 15 is 0 Å². The van der Waals surface area contributed by atoms with Gasteiger partial charge in [-0.2, -0.15) is 0 Å². The first-order chi connectivity index (χ1) is 10.2. The molecule has 0 aliphatic rings. The lowest BCUT2D eigenvalue weighted by Gasteiger charge is -2.29. The van der Waals surface area contributed by atoms with Gasteiger partial charge in [0.25, 0.3) is 0 Å². The first kappa shape index (κ1) is 20.9. The van der Waals surface area contributed by atoms with E-state index in [4.69, 9.17) is 0 Å². The molecule has 2 nitrogen and oxygen atoms in total. The van der Waals surface area contributed by atoms with E-state index in [0.717, 1.165) is 25.9 Å². The number of rotatable bonds is 16. The molecular formula is C19H41NO. The van der Waals surface area contributed by atoms with Crippen molar-refractivity contribution >= 4 is 0 Å². The summed E-state index contributed by atoms with van der Waals surface area (Å²) in [5.74, 6) is 0. The third-order valence-corrected chi connectivity index (χ3v) is 5.04. The van der Waals surface area contributed by atoms with Crippen LogP contribution >= 0.6 is 0 Å². The third kappa shape index (κ3) is 11.2. The predicted molar refractivity (Wildman–Crippen MR) is 94.8 cm³/mol. The van der Waals surface area contributed by atoms with Gasteiger partial charge >= 0.3 is 0 Å². The third-order valence-electron chi connectivity index (χ3n) is 5.04. The van der Waals surface area contributed by atoms with E-state index < -0.39 is 0 Å². The van der Waals surface area contributed by atoms with E-state index in [1.54, 1.807) is 0 Å². The molecule has 0 saturated carbocycles. The molecular weight excluding hydrogens is 258 g/mol. The van der Waals surface area contributed by atoms with Crippen LogP contribution in [0.4, 0.5) is 0 Å². The van der Waals surface area contributed by atoms with Crippen LogP contribution in [0.1, 0.15) is 97.8 Å². The van der Waals surface area contributed by atoms with Gasteiger partial charge in [-0.1, -0.05) is 78.6 Å². The maximum absolute atomic E-state index is 9.51. The molecule has 0 aromatic rings. The Kier molecular flexibility index (Phi) is 14.8. The van der Waals surface area contributed by atoms with Crippen LogP contribution in [0.15, 0.2) is 0 Å². The van der Waals surface area contributed by atoms with E-state index in [1.807, 2.05) is 0 Å². The van der Waals surface area contributed by atoms with Gasteiger partial charge < -0.3 is 10.4 Å². The molecule has 21 heavy (non-hydrogen) atoms. The molecule has 2 N–H and O–H groups in total. The van der Waals surface area contributed by atoms with Gasteiger partial charge in [-0.15, -0.1) is 0 Å². The van der Waals surface area contributed by atoms with Crippen LogP contribution in [0.2, 0.25) is 0 Å². The fourth-order valence-corrected chi connectivity index (χ4v) is 2.87. The second kappa shape index (κ2) is 14.8. The minimum Gasteiger partial charge on any atom is -0.396 e. The standard InChI is InChI=1S/C19H41NO/c1-4-7-8-9-10-11-12-13-14-15-16-20-17-19(5-2,6-3)18-21/h20-21H,4-18H2,1-3H3. The summed E-state index contributed by atoms with van der Waals surface area (Å²) < 4.78 is 0. The molecule has 0 saturated heterocycles. The number of unbranched alkanes of at least 4 members (excludes halogenated alkanes) is 9. The van der Waals surface area contributed by atoms with Gasteiger partial charge in [0.15, 0.2) is 0 Å². The Morgan fingerprint density at radius 1 is 0.714 bits per heavy atom. The summed E-state index contributed by atoms with van der Waals surface area (Å²) in [5.41, 5.74) is 0.110. The summed E-state index contributed by atoms with van der Waals surface area (Å²) in [4.78, 5) is 0. The maximum Gasteiger partial charge on any atom is 0.0499 e. The minimum absolute atomic E-state index is 0.110. The first-order valence-electron chi connectivity index (χ1n) is 9.56. The number of nitrogens with one attached hydrogen (secondary N) is 1. The summed E-state index contributed by atoms with van der Waals surface area (Å²) >= 11 is 0. The van der Waals surface area contributed by atoms with E-state index in [9.17, 15) is 5.11 Å². The highest BCUT2D eigenvalue weighted by Crippen LogP contribution is 2.24. The van der Waals surface area contributed by atoms with E-state index in [0.29, 0.717) is 6.61 Å².